The molecule has 0 fully saturated rings. The Labute approximate surface area is 77.4 Å². The molecule has 2 heterocycles. The van der Waals surface area contributed by atoms with E-state index in [1.807, 2.05) is 14.0 Å². The minimum absolute atomic E-state index is 0.738. The number of fused-ring (bicyclic) bond motifs is 1. The highest BCUT2D eigenvalue weighted by molar-refractivity contribution is 5.37. The summed E-state index contributed by atoms with van der Waals surface area (Å²) >= 11 is 0. The van der Waals surface area contributed by atoms with Crippen LogP contribution >= 0.6 is 0 Å². The molecule has 0 radical (unpaired) electrons. The van der Waals surface area contributed by atoms with Crippen LogP contribution in [0.4, 0.5) is 0 Å². The summed E-state index contributed by atoms with van der Waals surface area (Å²) in [5, 5.41) is 13.3. The minimum Gasteiger partial charge on any atom is -0.296 e. The topological polar surface area (TPSA) is 44.9 Å². The van der Waals surface area contributed by atoms with E-state index in [-0.39, 0.29) is 0 Å². The molecular weight excluding hydrogens is 164 g/mol. The van der Waals surface area contributed by atoms with Gasteiger partial charge in [-0.2, -0.15) is 10.4 Å². The number of nitriles is 1. The highest BCUT2D eigenvalue weighted by atomic mass is 15.3. The summed E-state index contributed by atoms with van der Waals surface area (Å²) in [6, 6.07) is 2.22. The molecule has 68 valence electrons. The molecule has 0 bridgehead atoms. The van der Waals surface area contributed by atoms with Gasteiger partial charge in [0.1, 0.15) is 11.8 Å². The van der Waals surface area contributed by atoms with Gasteiger partial charge in [0.2, 0.25) is 0 Å². The van der Waals surface area contributed by atoms with Crippen LogP contribution in [0.2, 0.25) is 0 Å². The lowest BCUT2D eigenvalue weighted by molar-refractivity contribution is 0.345. The minimum atomic E-state index is 0.738. The van der Waals surface area contributed by atoms with Gasteiger partial charge in [-0.3, -0.25) is 9.58 Å². The molecule has 1 aliphatic rings. The maximum atomic E-state index is 8.96. The summed E-state index contributed by atoms with van der Waals surface area (Å²) in [6.07, 6.45) is 0. The van der Waals surface area contributed by atoms with Crippen molar-refractivity contribution in [1.82, 2.24) is 14.7 Å². The Morgan fingerprint density at radius 2 is 2.31 bits per heavy atom. The van der Waals surface area contributed by atoms with E-state index in [0.717, 1.165) is 36.6 Å². The number of aromatic nitrogens is 2. The monoisotopic (exact) mass is 176 g/mol. The van der Waals surface area contributed by atoms with Crippen LogP contribution in [0.5, 0.6) is 0 Å². The van der Waals surface area contributed by atoms with E-state index < -0.39 is 0 Å². The summed E-state index contributed by atoms with van der Waals surface area (Å²) in [4.78, 5) is 2.17. The van der Waals surface area contributed by atoms with Gasteiger partial charge in [-0.25, -0.2) is 0 Å². The maximum absolute atomic E-state index is 8.96. The highest BCUT2D eigenvalue weighted by Crippen LogP contribution is 2.23. The zero-order valence-corrected chi connectivity index (χ0v) is 7.91. The van der Waals surface area contributed by atoms with Crippen molar-refractivity contribution in [3.05, 3.63) is 17.0 Å². The molecule has 0 spiro atoms. The fraction of sp³-hybridized carbons (Fsp3) is 0.556. The van der Waals surface area contributed by atoms with Gasteiger partial charge in [-0.1, -0.05) is 0 Å². The zero-order chi connectivity index (χ0) is 9.42. The Morgan fingerprint density at radius 3 is 2.92 bits per heavy atom. The van der Waals surface area contributed by atoms with E-state index in [9.17, 15) is 0 Å². The van der Waals surface area contributed by atoms with Crippen LogP contribution in [0.25, 0.3) is 0 Å². The van der Waals surface area contributed by atoms with Crippen LogP contribution in [0.3, 0.4) is 0 Å². The first-order chi connectivity index (χ1) is 6.26. The van der Waals surface area contributed by atoms with E-state index in [1.54, 1.807) is 4.68 Å². The first-order valence-electron chi connectivity index (χ1n) is 4.43. The van der Waals surface area contributed by atoms with Crippen LogP contribution in [-0.4, -0.2) is 21.7 Å². The molecular formula is C9H12N4. The van der Waals surface area contributed by atoms with Crippen LogP contribution in [0.15, 0.2) is 0 Å². The lowest BCUT2D eigenvalue weighted by atomic mass is 10.2. The number of hydrogen-bond acceptors (Lipinski definition) is 3. The van der Waals surface area contributed by atoms with Crippen molar-refractivity contribution in [1.29, 1.82) is 5.26 Å². The molecule has 1 aromatic heterocycles. The third-order valence-corrected chi connectivity index (χ3v) is 2.39. The van der Waals surface area contributed by atoms with E-state index >= 15 is 0 Å². The van der Waals surface area contributed by atoms with Gasteiger partial charge in [0, 0.05) is 25.2 Å². The fourth-order valence-electron chi connectivity index (χ4n) is 1.78. The molecule has 0 amide bonds. The average Bonchev–Trinajstić information content (AvgIpc) is 2.59. The number of hydrogen-bond donors (Lipinski definition) is 0. The van der Waals surface area contributed by atoms with Crippen LogP contribution in [-0.2, 0) is 19.6 Å². The summed E-state index contributed by atoms with van der Waals surface area (Å²) in [7, 11) is 2.04. The van der Waals surface area contributed by atoms with Crippen molar-refractivity contribution < 1.29 is 0 Å². The van der Waals surface area contributed by atoms with Crippen LogP contribution < -0.4 is 0 Å². The van der Waals surface area contributed by atoms with Gasteiger partial charge in [0.15, 0.2) is 0 Å². The molecule has 13 heavy (non-hydrogen) atoms. The van der Waals surface area contributed by atoms with Gasteiger partial charge < -0.3 is 0 Å². The Kier molecular flexibility index (Phi) is 1.82. The maximum Gasteiger partial charge on any atom is 0.143 e. The second kappa shape index (κ2) is 2.86. The summed E-state index contributed by atoms with van der Waals surface area (Å²) in [6.45, 7) is 4.52. The summed E-state index contributed by atoms with van der Waals surface area (Å²) in [5.74, 6) is 0. The Hall–Kier alpha value is -1.34. The van der Waals surface area contributed by atoms with E-state index in [0.29, 0.717) is 0 Å². The molecule has 2 rings (SSSR count). The van der Waals surface area contributed by atoms with E-state index in [1.165, 1.54) is 0 Å². The summed E-state index contributed by atoms with van der Waals surface area (Å²) in [5.41, 5.74) is 2.93. The lowest BCUT2D eigenvalue weighted by Gasteiger charge is -2.06. The molecule has 0 aliphatic carbocycles. The quantitative estimate of drug-likeness (QED) is 0.633. The van der Waals surface area contributed by atoms with Crippen LogP contribution in [0.1, 0.15) is 23.9 Å². The Balaban J connectivity index is 2.49. The van der Waals surface area contributed by atoms with Gasteiger partial charge in [0.25, 0.3) is 0 Å². The van der Waals surface area contributed by atoms with Crippen molar-refractivity contribution in [2.45, 2.75) is 26.6 Å². The second-order valence-corrected chi connectivity index (χ2v) is 3.37. The molecule has 0 N–H and O–H groups in total. The Bertz CT molecular complexity index is 372. The third-order valence-electron chi connectivity index (χ3n) is 2.39. The van der Waals surface area contributed by atoms with E-state index in [4.69, 9.17) is 5.26 Å². The number of aryl methyl sites for hydroxylation is 1. The predicted octanol–water partition coefficient (Wildman–Crippen LogP) is 0.720. The largest absolute Gasteiger partial charge is 0.296 e. The van der Waals surface area contributed by atoms with Gasteiger partial charge in [-0.15, -0.1) is 0 Å². The molecule has 0 saturated heterocycles. The summed E-state index contributed by atoms with van der Waals surface area (Å²) < 4.78 is 1.79. The van der Waals surface area contributed by atoms with E-state index in [2.05, 4.69) is 16.1 Å². The fourth-order valence-corrected chi connectivity index (χ4v) is 1.78. The average molecular weight is 176 g/mol. The molecule has 1 aromatic rings. The number of rotatable bonds is 1. The SMILES string of the molecule is CCn1nc2c(c1C#N)CN(C)C2. The molecule has 4 nitrogen and oxygen atoms in total. The van der Waals surface area contributed by atoms with Crippen molar-refractivity contribution >= 4 is 0 Å². The third kappa shape index (κ3) is 1.12. The zero-order valence-electron chi connectivity index (χ0n) is 7.91. The highest BCUT2D eigenvalue weighted by Gasteiger charge is 2.24. The van der Waals surface area contributed by atoms with Gasteiger partial charge in [0.05, 0.1) is 5.69 Å². The number of nitrogens with zero attached hydrogens (tertiary/aromatic N) is 4. The molecule has 4 heteroatoms. The predicted molar refractivity (Wildman–Crippen MR) is 47.8 cm³/mol. The van der Waals surface area contributed by atoms with Gasteiger partial charge in [-0.05, 0) is 14.0 Å². The molecule has 0 unspecified atom stereocenters. The van der Waals surface area contributed by atoms with Crippen molar-refractivity contribution in [2.24, 2.45) is 0 Å². The van der Waals surface area contributed by atoms with Crippen molar-refractivity contribution in [3.63, 3.8) is 0 Å². The Morgan fingerprint density at radius 1 is 1.54 bits per heavy atom. The first-order valence-corrected chi connectivity index (χ1v) is 4.43. The lowest BCUT2D eigenvalue weighted by Crippen LogP contribution is -2.12. The molecule has 0 atom stereocenters. The smallest absolute Gasteiger partial charge is 0.143 e. The molecule has 0 aromatic carbocycles. The molecule has 0 saturated carbocycles. The molecule has 1 aliphatic heterocycles. The second-order valence-electron chi connectivity index (χ2n) is 3.37. The normalized spacial score (nSPS) is 15.8. The first kappa shape index (κ1) is 8.27. The van der Waals surface area contributed by atoms with Crippen molar-refractivity contribution in [3.8, 4) is 6.07 Å². The standard InChI is InChI=1S/C9H12N4/c1-3-13-9(4-10)7-5-12(2)6-8(7)11-13/h3,5-6H2,1-2H3. The van der Waals surface area contributed by atoms with Gasteiger partial charge >= 0.3 is 0 Å². The van der Waals surface area contributed by atoms with Crippen LogP contribution in [0, 0.1) is 11.3 Å². The van der Waals surface area contributed by atoms with Crippen molar-refractivity contribution in [2.75, 3.05) is 7.05 Å².